The Morgan fingerprint density at radius 2 is 1.38 bits per heavy atom. The molecule has 2 rings (SSSR count). The molecule has 2 fully saturated rings. The summed E-state index contributed by atoms with van der Waals surface area (Å²) in [6.07, 6.45) is 3.28. The SMILES string of the molecule is CCO[Si](CCCN(C1CCOC1)C1CCOC1)(OCC)OCC. The van der Waals surface area contributed by atoms with Crippen LogP contribution in [0.4, 0.5) is 0 Å². The van der Waals surface area contributed by atoms with Crippen molar-refractivity contribution in [3.8, 4) is 0 Å². The third-order valence-electron chi connectivity index (χ3n) is 4.74. The van der Waals surface area contributed by atoms with Gasteiger partial charge in [0.2, 0.25) is 0 Å². The van der Waals surface area contributed by atoms with Crippen molar-refractivity contribution in [3.63, 3.8) is 0 Å². The Labute approximate surface area is 148 Å². The van der Waals surface area contributed by atoms with Gasteiger partial charge in [-0.15, -0.1) is 0 Å². The van der Waals surface area contributed by atoms with Gasteiger partial charge in [-0.3, -0.25) is 4.90 Å². The van der Waals surface area contributed by atoms with Crippen molar-refractivity contribution < 1.29 is 22.8 Å². The van der Waals surface area contributed by atoms with Gasteiger partial charge in [0.25, 0.3) is 0 Å². The van der Waals surface area contributed by atoms with Crippen LogP contribution in [0.3, 0.4) is 0 Å². The van der Waals surface area contributed by atoms with Gasteiger partial charge in [-0.05, 0) is 46.6 Å². The Bertz CT molecular complexity index is 302. The summed E-state index contributed by atoms with van der Waals surface area (Å²) in [5.74, 6) is 0. The first kappa shape index (κ1) is 20.3. The summed E-state index contributed by atoms with van der Waals surface area (Å²) >= 11 is 0. The van der Waals surface area contributed by atoms with Gasteiger partial charge in [0.15, 0.2) is 0 Å². The van der Waals surface area contributed by atoms with Crippen molar-refractivity contribution in [2.45, 2.75) is 58.2 Å². The second-order valence-corrected chi connectivity index (χ2v) is 9.09. The standard InChI is InChI=1S/C17H35NO5Si/c1-4-21-24(22-5-2,23-6-3)13-7-10-18(16-8-11-19-14-16)17-9-12-20-15-17/h16-17H,4-15H2,1-3H3. The number of nitrogens with zero attached hydrogens (tertiary/aromatic N) is 1. The summed E-state index contributed by atoms with van der Waals surface area (Å²) in [5.41, 5.74) is 0. The summed E-state index contributed by atoms with van der Waals surface area (Å²) < 4.78 is 29.1. The summed E-state index contributed by atoms with van der Waals surface area (Å²) in [6.45, 7) is 12.4. The summed E-state index contributed by atoms with van der Waals surface area (Å²) in [7, 11) is -2.53. The van der Waals surface area contributed by atoms with Gasteiger partial charge in [0.05, 0.1) is 13.2 Å². The highest BCUT2D eigenvalue weighted by Gasteiger charge is 2.40. The van der Waals surface area contributed by atoms with Crippen LogP contribution < -0.4 is 0 Å². The highest BCUT2D eigenvalue weighted by molar-refractivity contribution is 6.60. The van der Waals surface area contributed by atoms with E-state index >= 15 is 0 Å². The Kier molecular flexibility index (Phi) is 9.18. The first-order valence-corrected chi connectivity index (χ1v) is 11.5. The van der Waals surface area contributed by atoms with Gasteiger partial charge >= 0.3 is 8.80 Å². The van der Waals surface area contributed by atoms with Crippen LogP contribution in [0.2, 0.25) is 6.04 Å². The van der Waals surface area contributed by atoms with Crippen molar-refractivity contribution in [1.82, 2.24) is 4.90 Å². The van der Waals surface area contributed by atoms with Gasteiger partial charge in [-0.2, -0.15) is 0 Å². The Hall–Kier alpha value is -0.0231. The first-order valence-electron chi connectivity index (χ1n) is 9.57. The van der Waals surface area contributed by atoms with Gasteiger partial charge in [-0.25, -0.2) is 0 Å². The molecule has 142 valence electrons. The Morgan fingerprint density at radius 1 is 0.875 bits per heavy atom. The molecule has 2 unspecified atom stereocenters. The molecule has 0 aromatic rings. The predicted molar refractivity (Wildman–Crippen MR) is 95.2 cm³/mol. The molecule has 0 bridgehead atoms. The highest BCUT2D eigenvalue weighted by atomic mass is 28.4. The predicted octanol–water partition coefficient (Wildman–Crippen LogP) is 2.30. The van der Waals surface area contributed by atoms with E-state index in [0.29, 0.717) is 31.9 Å². The molecule has 2 heterocycles. The Balaban J connectivity index is 1.90. The van der Waals surface area contributed by atoms with Crippen LogP contribution in [-0.2, 0) is 22.8 Å². The summed E-state index contributed by atoms with van der Waals surface area (Å²) in [5, 5.41) is 0. The highest BCUT2D eigenvalue weighted by Crippen LogP contribution is 2.24. The Morgan fingerprint density at radius 3 is 1.75 bits per heavy atom. The molecule has 0 saturated carbocycles. The van der Waals surface area contributed by atoms with Crippen molar-refractivity contribution in [3.05, 3.63) is 0 Å². The van der Waals surface area contributed by atoms with E-state index in [4.69, 9.17) is 22.8 Å². The lowest BCUT2D eigenvalue weighted by atomic mass is 10.1. The lowest BCUT2D eigenvalue weighted by molar-refractivity contribution is 0.0655. The molecular formula is C17H35NO5Si. The van der Waals surface area contributed by atoms with E-state index in [1.165, 1.54) is 0 Å². The van der Waals surface area contributed by atoms with E-state index in [1.807, 2.05) is 20.8 Å². The van der Waals surface area contributed by atoms with Crippen molar-refractivity contribution in [2.24, 2.45) is 0 Å². The minimum absolute atomic E-state index is 0.527. The maximum atomic E-state index is 5.97. The normalized spacial score (nSPS) is 25.0. The third-order valence-corrected chi connectivity index (χ3v) is 7.89. The monoisotopic (exact) mass is 361 g/mol. The zero-order valence-electron chi connectivity index (χ0n) is 15.6. The number of ether oxygens (including phenoxy) is 2. The van der Waals surface area contributed by atoms with Gasteiger partial charge in [0.1, 0.15) is 0 Å². The average molecular weight is 362 g/mol. The van der Waals surface area contributed by atoms with Crippen LogP contribution in [0.15, 0.2) is 0 Å². The van der Waals surface area contributed by atoms with Gasteiger partial charge in [0, 0.05) is 51.2 Å². The zero-order valence-corrected chi connectivity index (χ0v) is 16.6. The molecule has 24 heavy (non-hydrogen) atoms. The molecule has 2 saturated heterocycles. The molecule has 0 aromatic heterocycles. The molecule has 2 aliphatic heterocycles. The molecule has 7 heteroatoms. The lowest BCUT2D eigenvalue weighted by Crippen LogP contribution is -2.48. The van der Waals surface area contributed by atoms with E-state index in [9.17, 15) is 0 Å². The van der Waals surface area contributed by atoms with Crippen LogP contribution in [0, 0.1) is 0 Å². The molecular weight excluding hydrogens is 326 g/mol. The van der Waals surface area contributed by atoms with E-state index in [0.717, 1.165) is 58.3 Å². The maximum Gasteiger partial charge on any atom is 0.500 e. The second kappa shape index (κ2) is 10.9. The van der Waals surface area contributed by atoms with Crippen molar-refractivity contribution in [2.75, 3.05) is 52.8 Å². The zero-order chi connectivity index (χ0) is 17.3. The van der Waals surface area contributed by atoms with Crippen LogP contribution in [0.1, 0.15) is 40.0 Å². The molecule has 0 spiro atoms. The van der Waals surface area contributed by atoms with Crippen LogP contribution in [-0.4, -0.2) is 78.6 Å². The van der Waals surface area contributed by atoms with Gasteiger partial charge in [-0.1, -0.05) is 0 Å². The van der Waals surface area contributed by atoms with Crippen molar-refractivity contribution >= 4 is 8.80 Å². The molecule has 0 N–H and O–H groups in total. The van der Waals surface area contributed by atoms with Crippen molar-refractivity contribution in [1.29, 1.82) is 0 Å². The van der Waals surface area contributed by atoms with Crippen LogP contribution in [0.25, 0.3) is 0 Å². The van der Waals surface area contributed by atoms with Crippen LogP contribution in [0.5, 0.6) is 0 Å². The molecule has 2 aliphatic rings. The topological polar surface area (TPSA) is 49.4 Å². The second-order valence-electron chi connectivity index (χ2n) is 6.36. The van der Waals surface area contributed by atoms with E-state index < -0.39 is 8.80 Å². The van der Waals surface area contributed by atoms with Gasteiger partial charge < -0.3 is 22.8 Å². The molecule has 6 nitrogen and oxygen atoms in total. The average Bonchev–Trinajstić information content (AvgIpc) is 3.26. The largest absolute Gasteiger partial charge is 0.500 e. The quantitative estimate of drug-likeness (QED) is 0.497. The number of rotatable bonds is 12. The lowest BCUT2D eigenvalue weighted by Gasteiger charge is -2.34. The molecule has 0 aromatic carbocycles. The van der Waals surface area contributed by atoms with E-state index in [-0.39, 0.29) is 0 Å². The fourth-order valence-electron chi connectivity index (χ4n) is 3.71. The smallest absolute Gasteiger partial charge is 0.380 e. The fourth-order valence-corrected chi connectivity index (χ4v) is 6.30. The maximum absolute atomic E-state index is 5.97. The number of hydrogen-bond acceptors (Lipinski definition) is 6. The molecule has 2 atom stereocenters. The molecule has 0 aliphatic carbocycles. The minimum atomic E-state index is -2.53. The molecule has 0 amide bonds. The summed E-state index contributed by atoms with van der Waals surface area (Å²) in [4.78, 5) is 2.60. The fraction of sp³-hybridized carbons (Fsp3) is 1.00. The van der Waals surface area contributed by atoms with Crippen LogP contribution >= 0.6 is 0 Å². The van der Waals surface area contributed by atoms with E-state index in [2.05, 4.69) is 4.90 Å². The summed E-state index contributed by atoms with van der Waals surface area (Å²) in [6, 6.07) is 1.93. The third kappa shape index (κ3) is 5.76. The molecule has 0 radical (unpaired) electrons. The minimum Gasteiger partial charge on any atom is -0.380 e. The first-order chi connectivity index (χ1) is 11.7. The van der Waals surface area contributed by atoms with E-state index in [1.54, 1.807) is 0 Å². The number of hydrogen-bond donors (Lipinski definition) is 0.